The maximum absolute atomic E-state index is 12.4. The number of ether oxygens (including phenoxy) is 1. The molecule has 8 nitrogen and oxygen atoms in total. The summed E-state index contributed by atoms with van der Waals surface area (Å²) in [6.07, 6.45) is 4.15. The van der Waals surface area contributed by atoms with Gasteiger partial charge in [0.15, 0.2) is 0 Å². The Morgan fingerprint density at radius 1 is 1.28 bits per heavy atom. The van der Waals surface area contributed by atoms with E-state index in [-0.39, 0.29) is 42.5 Å². The van der Waals surface area contributed by atoms with Crippen molar-refractivity contribution in [2.24, 2.45) is 21.6 Å². The van der Waals surface area contributed by atoms with Gasteiger partial charge in [-0.05, 0) is 30.1 Å². The molecule has 0 aromatic carbocycles. The fraction of sp³-hybridized carbons (Fsp3) is 0.824. The van der Waals surface area contributed by atoms with Gasteiger partial charge in [-0.1, -0.05) is 20.8 Å². The Balaban J connectivity index is 1.99. The number of nitrogens with one attached hydrogen (secondary N) is 2. The Bertz CT molecular complexity index is 581. The van der Waals surface area contributed by atoms with Crippen LogP contribution in [0.5, 0.6) is 0 Å². The molecule has 0 radical (unpaired) electrons. The van der Waals surface area contributed by atoms with E-state index in [1.54, 1.807) is 6.08 Å². The molecule has 8 heteroatoms. The van der Waals surface area contributed by atoms with E-state index >= 15 is 0 Å². The van der Waals surface area contributed by atoms with Crippen LogP contribution in [0.3, 0.4) is 0 Å². The number of amides is 3. The lowest BCUT2D eigenvalue weighted by molar-refractivity contribution is -0.127. The summed E-state index contributed by atoms with van der Waals surface area (Å²) in [4.78, 5) is 37.9. The molecule has 2 aliphatic rings. The van der Waals surface area contributed by atoms with Crippen LogP contribution in [0.4, 0.5) is 4.79 Å². The number of nitrogens with two attached hydrogens (primary N) is 1. The summed E-state index contributed by atoms with van der Waals surface area (Å²) in [5.74, 6) is -0.471. The lowest BCUT2D eigenvalue weighted by Gasteiger charge is -2.46. The minimum absolute atomic E-state index is 0.0217. The molecule has 25 heavy (non-hydrogen) atoms. The Morgan fingerprint density at radius 2 is 1.96 bits per heavy atom. The number of rotatable bonds is 6. The number of carbonyl (C=O) groups excluding carboxylic acids is 3. The van der Waals surface area contributed by atoms with Crippen LogP contribution in [-0.2, 0) is 14.3 Å². The van der Waals surface area contributed by atoms with Gasteiger partial charge in [-0.15, -0.1) is 0 Å². The lowest BCUT2D eigenvalue weighted by Crippen LogP contribution is -2.66. The predicted molar refractivity (Wildman–Crippen MR) is 91.5 cm³/mol. The minimum atomic E-state index is -0.703. The molecule has 2 atom stereocenters. The van der Waals surface area contributed by atoms with Crippen molar-refractivity contribution in [3.8, 4) is 0 Å². The number of aliphatic imine (C=N–C) groups is 1. The van der Waals surface area contributed by atoms with E-state index in [1.807, 2.05) is 0 Å². The Labute approximate surface area is 147 Å². The Kier molecular flexibility index (Phi) is 5.54. The van der Waals surface area contributed by atoms with Crippen molar-refractivity contribution in [3.63, 3.8) is 0 Å². The number of nitrogens with zero attached hydrogens (tertiary/aromatic N) is 1. The Morgan fingerprint density at radius 3 is 2.48 bits per heavy atom. The normalized spacial score (nSPS) is 29.6. The molecule has 0 aromatic rings. The molecule has 1 saturated heterocycles. The molecule has 3 amide bonds. The molecular weight excluding hydrogens is 324 g/mol. The summed E-state index contributed by atoms with van der Waals surface area (Å²) in [5, 5.41) is 5.85. The molecule has 1 aliphatic carbocycles. The zero-order valence-corrected chi connectivity index (χ0v) is 15.2. The third-order valence-corrected chi connectivity index (χ3v) is 4.95. The molecule has 0 bridgehead atoms. The van der Waals surface area contributed by atoms with E-state index in [1.165, 1.54) is 0 Å². The van der Waals surface area contributed by atoms with Gasteiger partial charge in [-0.2, -0.15) is 0 Å². The van der Waals surface area contributed by atoms with E-state index in [0.717, 1.165) is 19.3 Å². The van der Waals surface area contributed by atoms with Gasteiger partial charge in [-0.3, -0.25) is 4.79 Å². The quantitative estimate of drug-likeness (QED) is 0.484. The monoisotopic (exact) mass is 352 g/mol. The van der Waals surface area contributed by atoms with Crippen LogP contribution in [0, 0.1) is 10.8 Å². The van der Waals surface area contributed by atoms with Gasteiger partial charge < -0.3 is 21.1 Å². The van der Waals surface area contributed by atoms with Crippen LogP contribution in [0.25, 0.3) is 0 Å². The van der Waals surface area contributed by atoms with Gasteiger partial charge in [0.1, 0.15) is 0 Å². The molecule has 2 fully saturated rings. The number of carbonyl (C=O) groups is 2. The fourth-order valence-corrected chi connectivity index (χ4v) is 4.44. The van der Waals surface area contributed by atoms with Crippen molar-refractivity contribution in [3.05, 3.63) is 0 Å². The Hall–Kier alpha value is -1.92. The number of isocyanates is 1. The van der Waals surface area contributed by atoms with E-state index in [9.17, 15) is 14.4 Å². The number of hydrogen-bond donors (Lipinski definition) is 3. The summed E-state index contributed by atoms with van der Waals surface area (Å²) < 4.78 is 5.14. The van der Waals surface area contributed by atoms with Crippen LogP contribution < -0.4 is 16.4 Å². The van der Waals surface area contributed by atoms with Crippen molar-refractivity contribution in [1.29, 1.82) is 0 Å². The molecule has 1 heterocycles. The zero-order chi connectivity index (χ0) is 18.7. The molecule has 0 spiro atoms. The van der Waals surface area contributed by atoms with Crippen LogP contribution in [-0.4, -0.2) is 49.4 Å². The molecular formula is C17H28N4O4. The third kappa shape index (κ3) is 5.28. The van der Waals surface area contributed by atoms with Crippen molar-refractivity contribution in [2.45, 2.75) is 58.0 Å². The molecule has 2 rings (SSSR count). The summed E-state index contributed by atoms with van der Waals surface area (Å²) in [7, 11) is 0. The highest BCUT2D eigenvalue weighted by Gasteiger charge is 2.44. The molecule has 1 saturated carbocycles. The SMILES string of the molecule is CC1(C)CC(NC(=O)NC2(CC(N)=O)COC2)CC(C)(CN=C=O)C1. The first-order chi connectivity index (χ1) is 11.6. The number of hydrogen-bond acceptors (Lipinski definition) is 5. The fourth-order valence-electron chi connectivity index (χ4n) is 4.44. The predicted octanol–water partition coefficient (Wildman–Crippen LogP) is 0.851. The van der Waals surface area contributed by atoms with E-state index < -0.39 is 11.4 Å². The number of primary amides is 1. The van der Waals surface area contributed by atoms with Gasteiger partial charge in [-0.25, -0.2) is 14.6 Å². The van der Waals surface area contributed by atoms with Crippen molar-refractivity contribution < 1.29 is 19.1 Å². The second kappa shape index (κ2) is 7.14. The highest BCUT2D eigenvalue weighted by molar-refractivity contribution is 5.79. The minimum Gasteiger partial charge on any atom is -0.376 e. The van der Waals surface area contributed by atoms with Crippen LogP contribution in [0.15, 0.2) is 4.99 Å². The third-order valence-electron chi connectivity index (χ3n) is 4.95. The first-order valence-electron chi connectivity index (χ1n) is 8.56. The lowest BCUT2D eigenvalue weighted by atomic mass is 9.62. The second-order valence-electron chi connectivity index (χ2n) is 8.68. The maximum atomic E-state index is 12.4. The van der Waals surface area contributed by atoms with Crippen molar-refractivity contribution >= 4 is 18.0 Å². The standard InChI is InChI=1S/C17H28N4O4/c1-15(2)4-12(5-16(3,7-15)8-19-11-22)20-14(24)21-17(6-13(18)23)9-25-10-17/h12H,4-10H2,1-3H3,(H2,18,23)(H2,20,21,24). The maximum Gasteiger partial charge on any atom is 0.315 e. The van der Waals surface area contributed by atoms with Gasteiger partial charge in [0, 0.05) is 6.04 Å². The van der Waals surface area contributed by atoms with Gasteiger partial charge >= 0.3 is 6.03 Å². The van der Waals surface area contributed by atoms with Crippen LogP contribution >= 0.6 is 0 Å². The molecule has 140 valence electrons. The largest absolute Gasteiger partial charge is 0.376 e. The van der Waals surface area contributed by atoms with Crippen molar-refractivity contribution in [1.82, 2.24) is 10.6 Å². The zero-order valence-electron chi connectivity index (χ0n) is 15.2. The van der Waals surface area contributed by atoms with E-state index in [0.29, 0.717) is 6.54 Å². The molecule has 2 unspecified atom stereocenters. The average molecular weight is 352 g/mol. The first kappa shape index (κ1) is 19.4. The van der Waals surface area contributed by atoms with Crippen LogP contribution in [0.2, 0.25) is 0 Å². The molecule has 0 aromatic heterocycles. The second-order valence-corrected chi connectivity index (χ2v) is 8.68. The first-order valence-corrected chi connectivity index (χ1v) is 8.56. The van der Waals surface area contributed by atoms with Gasteiger partial charge in [0.05, 0.1) is 31.7 Å². The van der Waals surface area contributed by atoms with E-state index in [4.69, 9.17) is 10.5 Å². The number of urea groups is 1. The smallest absolute Gasteiger partial charge is 0.315 e. The molecule has 4 N–H and O–H groups in total. The van der Waals surface area contributed by atoms with Crippen molar-refractivity contribution in [2.75, 3.05) is 19.8 Å². The van der Waals surface area contributed by atoms with Gasteiger partial charge in [0.2, 0.25) is 12.0 Å². The highest BCUT2D eigenvalue weighted by atomic mass is 16.5. The highest BCUT2D eigenvalue weighted by Crippen LogP contribution is 2.46. The van der Waals surface area contributed by atoms with E-state index in [2.05, 4.69) is 36.4 Å². The van der Waals surface area contributed by atoms with Crippen LogP contribution in [0.1, 0.15) is 46.5 Å². The summed E-state index contributed by atoms with van der Waals surface area (Å²) in [6, 6.07) is -0.365. The molecule has 1 aliphatic heterocycles. The summed E-state index contributed by atoms with van der Waals surface area (Å²) in [6.45, 7) is 7.34. The average Bonchev–Trinajstić information content (AvgIpc) is 2.39. The summed E-state index contributed by atoms with van der Waals surface area (Å²) >= 11 is 0. The topological polar surface area (TPSA) is 123 Å². The summed E-state index contributed by atoms with van der Waals surface area (Å²) in [5.41, 5.74) is 4.41. The van der Waals surface area contributed by atoms with Gasteiger partial charge in [0.25, 0.3) is 0 Å².